The van der Waals surface area contributed by atoms with Crippen LogP contribution >= 0.6 is 11.8 Å². The van der Waals surface area contributed by atoms with Gasteiger partial charge >= 0.3 is 6.09 Å². The van der Waals surface area contributed by atoms with Crippen molar-refractivity contribution in [3.63, 3.8) is 0 Å². The Balaban J connectivity index is 2.02. The van der Waals surface area contributed by atoms with E-state index in [-0.39, 0.29) is 12.5 Å². The van der Waals surface area contributed by atoms with E-state index in [1.54, 1.807) is 24.1 Å². The first-order valence-electron chi connectivity index (χ1n) is 10.4. The number of hydrogen-bond acceptors (Lipinski definition) is 7. The second kappa shape index (κ2) is 10.7. The third-order valence-electron chi connectivity index (χ3n) is 5.29. The molecule has 3 rings (SSSR count). The number of nitrogens with one attached hydrogen (secondary N) is 1. The van der Waals surface area contributed by atoms with E-state index in [0.717, 1.165) is 24.6 Å². The first-order chi connectivity index (χ1) is 15.9. The van der Waals surface area contributed by atoms with Gasteiger partial charge < -0.3 is 21.1 Å². The summed E-state index contributed by atoms with van der Waals surface area (Å²) in [4.78, 5) is 29.4. The quantitative estimate of drug-likeness (QED) is 0.358. The van der Waals surface area contributed by atoms with Crippen LogP contribution in [-0.4, -0.2) is 42.2 Å². The molecule has 1 saturated carbocycles. The second-order valence-corrected chi connectivity index (χ2v) is 8.81. The molecule has 1 unspecified atom stereocenters. The van der Waals surface area contributed by atoms with E-state index in [0.29, 0.717) is 46.1 Å². The molecule has 2 amide bonds. The van der Waals surface area contributed by atoms with Crippen molar-refractivity contribution < 1.29 is 14.7 Å². The molecule has 0 bridgehead atoms. The van der Waals surface area contributed by atoms with E-state index >= 15 is 0 Å². The molecule has 9 nitrogen and oxygen atoms in total. The number of amides is 2. The molecule has 1 aromatic carbocycles. The lowest BCUT2D eigenvalue weighted by atomic mass is 10.00. The summed E-state index contributed by atoms with van der Waals surface area (Å²) in [6, 6.07) is 13.5. The van der Waals surface area contributed by atoms with Gasteiger partial charge in [0.15, 0.2) is 0 Å². The smallest absolute Gasteiger partial charge is 0.404 e. The van der Waals surface area contributed by atoms with E-state index in [2.05, 4.69) is 22.4 Å². The summed E-state index contributed by atoms with van der Waals surface area (Å²) in [6.07, 6.45) is 1.16. The lowest BCUT2D eigenvalue weighted by molar-refractivity contribution is -0.117. The van der Waals surface area contributed by atoms with E-state index < -0.39 is 17.3 Å². The van der Waals surface area contributed by atoms with Crippen LogP contribution in [0.3, 0.4) is 0 Å². The summed E-state index contributed by atoms with van der Waals surface area (Å²) in [7, 11) is 1.77. The van der Waals surface area contributed by atoms with Crippen molar-refractivity contribution >= 4 is 29.6 Å². The van der Waals surface area contributed by atoms with E-state index in [9.17, 15) is 20.1 Å². The largest absolute Gasteiger partial charge is 0.465 e. The summed E-state index contributed by atoms with van der Waals surface area (Å²) in [5, 5.41) is 30.6. The Kier molecular flexibility index (Phi) is 7.75. The predicted molar refractivity (Wildman–Crippen MR) is 124 cm³/mol. The third kappa shape index (κ3) is 5.73. The number of pyridine rings is 1. The van der Waals surface area contributed by atoms with E-state index in [4.69, 9.17) is 10.8 Å². The Morgan fingerprint density at radius 1 is 1.27 bits per heavy atom. The minimum Gasteiger partial charge on any atom is -0.465 e. The van der Waals surface area contributed by atoms with Crippen molar-refractivity contribution in [1.29, 1.82) is 10.5 Å². The number of aromatic nitrogens is 1. The van der Waals surface area contributed by atoms with Gasteiger partial charge in [-0.2, -0.15) is 10.5 Å². The van der Waals surface area contributed by atoms with Crippen LogP contribution < -0.4 is 16.0 Å². The Morgan fingerprint density at radius 2 is 1.94 bits per heavy atom. The van der Waals surface area contributed by atoms with Crippen LogP contribution in [0.15, 0.2) is 35.4 Å². The lowest BCUT2D eigenvalue weighted by Gasteiger charge is -2.23. The molecule has 33 heavy (non-hydrogen) atoms. The lowest BCUT2D eigenvalue weighted by Crippen LogP contribution is -2.28. The van der Waals surface area contributed by atoms with Gasteiger partial charge in [-0.15, -0.1) is 0 Å². The molecular weight excluding hydrogens is 440 g/mol. The van der Waals surface area contributed by atoms with Crippen LogP contribution in [0.2, 0.25) is 0 Å². The number of carbonyl (C=O) groups excluding carboxylic acids is 1. The number of benzene rings is 1. The SMILES string of the molecule is CN(CCCNC(=O)O)c1nc(SC(C(N)=O)c2ccccc2)c(C#N)c(C2CC2)c1C#N. The molecule has 1 heterocycles. The van der Waals surface area contributed by atoms with Crippen molar-refractivity contribution in [2.24, 2.45) is 5.73 Å². The topological polar surface area (TPSA) is 156 Å². The number of nitrogens with zero attached hydrogens (tertiary/aromatic N) is 4. The molecule has 0 aliphatic heterocycles. The highest BCUT2D eigenvalue weighted by Crippen LogP contribution is 2.48. The van der Waals surface area contributed by atoms with Crippen LogP contribution in [0, 0.1) is 22.7 Å². The number of thioether (sulfide) groups is 1. The molecule has 1 aliphatic carbocycles. The number of carbonyl (C=O) groups is 2. The first-order valence-corrected chi connectivity index (χ1v) is 11.3. The zero-order valence-electron chi connectivity index (χ0n) is 18.1. The molecule has 0 spiro atoms. The normalized spacial score (nSPS) is 13.4. The highest BCUT2D eigenvalue weighted by atomic mass is 32.2. The maximum atomic E-state index is 12.3. The van der Waals surface area contributed by atoms with Gasteiger partial charge in [0.25, 0.3) is 0 Å². The summed E-state index contributed by atoms with van der Waals surface area (Å²) in [5.74, 6) is -0.0439. The first kappa shape index (κ1) is 23.9. The van der Waals surface area contributed by atoms with Crippen molar-refractivity contribution in [2.75, 3.05) is 25.0 Å². The fourth-order valence-electron chi connectivity index (χ4n) is 3.58. The van der Waals surface area contributed by atoms with Crippen LogP contribution in [0.25, 0.3) is 0 Å². The average molecular weight is 465 g/mol. The highest BCUT2D eigenvalue weighted by Gasteiger charge is 2.34. The molecule has 0 saturated heterocycles. The van der Waals surface area contributed by atoms with E-state index in [1.165, 1.54) is 0 Å². The zero-order chi connectivity index (χ0) is 24.0. The number of primary amides is 1. The van der Waals surface area contributed by atoms with Gasteiger partial charge in [0.05, 0.1) is 11.1 Å². The number of rotatable bonds is 10. The number of carboxylic acid groups (broad SMARTS) is 1. The average Bonchev–Trinajstić information content (AvgIpc) is 3.64. The van der Waals surface area contributed by atoms with Crippen LogP contribution in [0.4, 0.5) is 10.6 Å². The van der Waals surface area contributed by atoms with Gasteiger partial charge in [0, 0.05) is 20.1 Å². The molecule has 1 atom stereocenters. The Hall–Kier alpha value is -3.76. The van der Waals surface area contributed by atoms with Gasteiger partial charge in [0.2, 0.25) is 5.91 Å². The molecular formula is C23H24N6O3S. The van der Waals surface area contributed by atoms with Gasteiger partial charge in [-0.3, -0.25) is 4.79 Å². The maximum absolute atomic E-state index is 12.3. The number of hydrogen-bond donors (Lipinski definition) is 3. The number of anilines is 1. The number of nitrogens with two attached hydrogens (primary N) is 1. The molecule has 0 radical (unpaired) electrons. The molecule has 4 N–H and O–H groups in total. The molecule has 10 heteroatoms. The Morgan fingerprint density at radius 3 is 2.48 bits per heavy atom. The van der Waals surface area contributed by atoms with E-state index in [1.807, 2.05) is 18.2 Å². The fourth-order valence-corrected chi connectivity index (χ4v) is 4.62. The van der Waals surface area contributed by atoms with Crippen molar-refractivity contribution in [3.05, 3.63) is 52.6 Å². The molecule has 1 fully saturated rings. The minimum absolute atomic E-state index is 0.0984. The summed E-state index contributed by atoms with van der Waals surface area (Å²) >= 11 is 1.11. The Labute approximate surface area is 196 Å². The summed E-state index contributed by atoms with van der Waals surface area (Å²) in [5.41, 5.74) is 7.72. The van der Waals surface area contributed by atoms with Crippen molar-refractivity contribution in [2.45, 2.75) is 35.5 Å². The molecule has 170 valence electrons. The molecule has 1 aliphatic rings. The summed E-state index contributed by atoms with van der Waals surface area (Å²) < 4.78 is 0. The predicted octanol–water partition coefficient (Wildman–Crippen LogP) is 3.11. The van der Waals surface area contributed by atoms with Gasteiger partial charge in [-0.05, 0) is 36.3 Å². The molecule has 1 aromatic heterocycles. The van der Waals surface area contributed by atoms with Crippen molar-refractivity contribution in [1.82, 2.24) is 10.3 Å². The fraction of sp³-hybridized carbons (Fsp3) is 0.348. The third-order valence-corrected chi connectivity index (χ3v) is 6.55. The van der Waals surface area contributed by atoms with Gasteiger partial charge in [0.1, 0.15) is 28.2 Å². The zero-order valence-corrected chi connectivity index (χ0v) is 18.9. The van der Waals surface area contributed by atoms with Gasteiger partial charge in [-0.25, -0.2) is 9.78 Å². The minimum atomic E-state index is -1.10. The van der Waals surface area contributed by atoms with Crippen molar-refractivity contribution in [3.8, 4) is 12.1 Å². The highest BCUT2D eigenvalue weighted by molar-refractivity contribution is 8.00. The Bertz CT molecular complexity index is 1120. The summed E-state index contributed by atoms with van der Waals surface area (Å²) in [6.45, 7) is 0.701. The molecule has 2 aromatic rings. The van der Waals surface area contributed by atoms with Crippen LogP contribution in [0.5, 0.6) is 0 Å². The van der Waals surface area contributed by atoms with Gasteiger partial charge in [-0.1, -0.05) is 42.1 Å². The standard InChI is InChI=1S/C23H24N6O3S/c1-29(11-5-10-27-23(31)32)21-16(12-24)18(14-8-9-14)17(13-25)22(28-21)33-19(20(26)30)15-6-3-2-4-7-15/h2-4,6-7,14,19,27H,5,8-11H2,1H3,(H2,26,30)(H,31,32). The number of nitriles is 2. The maximum Gasteiger partial charge on any atom is 0.404 e. The monoisotopic (exact) mass is 464 g/mol. The van der Waals surface area contributed by atoms with Crippen LogP contribution in [0.1, 0.15) is 52.7 Å². The second-order valence-electron chi connectivity index (χ2n) is 7.72. The van der Waals surface area contributed by atoms with Crippen LogP contribution in [-0.2, 0) is 4.79 Å².